The number of fused-ring (bicyclic) bond motifs is 1. The first-order chi connectivity index (χ1) is 15.0. The topological polar surface area (TPSA) is 66.8 Å². The van der Waals surface area contributed by atoms with Gasteiger partial charge in [0.15, 0.2) is 0 Å². The highest BCUT2D eigenvalue weighted by molar-refractivity contribution is 5.70. The first kappa shape index (κ1) is 24.0. The quantitative estimate of drug-likeness (QED) is 0.305. The normalized spacial score (nSPS) is 29.5. The summed E-state index contributed by atoms with van der Waals surface area (Å²) in [7, 11) is 0. The van der Waals surface area contributed by atoms with E-state index in [2.05, 4.69) is 30.3 Å². The number of carbonyl (C=O) groups excluding carboxylic acids is 1. The van der Waals surface area contributed by atoms with Crippen LogP contribution in [0.25, 0.3) is 0 Å². The number of benzene rings is 1. The third-order valence-corrected chi connectivity index (χ3v) is 7.24. The molecular weight excluding hydrogens is 388 g/mol. The van der Waals surface area contributed by atoms with E-state index in [1.807, 2.05) is 12.1 Å². The Balaban J connectivity index is 1.51. The molecule has 0 amide bonds. The van der Waals surface area contributed by atoms with Crippen LogP contribution in [0.1, 0.15) is 76.7 Å². The maximum atomic E-state index is 12.2. The van der Waals surface area contributed by atoms with Gasteiger partial charge < -0.3 is 14.9 Å². The molecule has 0 saturated heterocycles. The highest BCUT2D eigenvalue weighted by Crippen LogP contribution is 2.50. The number of allylic oxidation sites excluding steroid dienone is 1. The van der Waals surface area contributed by atoms with Gasteiger partial charge in [0, 0.05) is 0 Å². The zero-order chi connectivity index (χ0) is 22.1. The van der Waals surface area contributed by atoms with Crippen molar-refractivity contribution in [1.82, 2.24) is 0 Å². The minimum Gasteiger partial charge on any atom is -0.466 e. The summed E-state index contributed by atoms with van der Waals surface area (Å²) in [6.45, 7) is 2.15. The molecule has 1 aromatic carbocycles. The molecule has 0 aromatic heterocycles. The standard InChI is InChI=1S/C27H40O4/c1-2-31-26(29)20-27(30)19-22(18-23-13-7-9-15-25(23)27)16-17-24(28)14-8-6-12-21-10-4-3-5-11-21/h3-5,10-11,16-17,22-25,28,30H,2,6-9,12-15,18-20H2,1H3. The molecule has 3 rings (SSSR count). The summed E-state index contributed by atoms with van der Waals surface area (Å²) in [4.78, 5) is 12.2. The lowest BCUT2D eigenvalue weighted by Gasteiger charge is -2.49. The molecule has 0 bridgehead atoms. The molecule has 2 saturated carbocycles. The van der Waals surface area contributed by atoms with Gasteiger partial charge in [-0.3, -0.25) is 4.79 Å². The van der Waals surface area contributed by atoms with Gasteiger partial charge in [0.1, 0.15) is 0 Å². The van der Waals surface area contributed by atoms with Gasteiger partial charge in [0.25, 0.3) is 0 Å². The molecule has 2 aliphatic rings. The van der Waals surface area contributed by atoms with Crippen molar-refractivity contribution in [3.05, 3.63) is 48.0 Å². The summed E-state index contributed by atoms with van der Waals surface area (Å²) in [5, 5.41) is 21.9. The van der Waals surface area contributed by atoms with Crippen molar-refractivity contribution < 1.29 is 19.7 Å². The third-order valence-electron chi connectivity index (χ3n) is 7.24. The van der Waals surface area contributed by atoms with Crippen molar-refractivity contribution in [2.75, 3.05) is 6.61 Å². The van der Waals surface area contributed by atoms with Gasteiger partial charge in [0.05, 0.1) is 24.7 Å². The number of rotatable bonds is 10. The molecule has 0 aliphatic heterocycles. The van der Waals surface area contributed by atoms with E-state index in [9.17, 15) is 15.0 Å². The average Bonchev–Trinajstić information content (AvgIpc) is 2.76. The molecule has 0 radical (unpaired) electrons. The molecular formula is C27H40O4. The van der Waals surface area contributed by atoms with Gasteiger partial charge in [-0.2, -0.15) is 0 Å². The first-order valence-electron chi connectivity index (χ1n) is 12.3. The lowest BCUT2D eigenvalue weighted by molar-refractivity contribution is -0.159. The van der Waals surface area contributed by atoms with E-state index < -0.39 is 11.7 Å². The van der Waals surface area contributed by atoms with Crippen molar-refractivity contribution >= 4 is 5.97 Å². The maximum Gasteiger partial charge on any atom is 0.308 e. The molecule has 0 heterocycles. The molecule has 2 N–H and O–H groups in total. The Morgan fingerprint density at radius 3 is 2.77 bits per heavy atom. The molecule has 4 nitrogen and oxygen atoms in total. The molecule has 1 aromatic rings. The number of aliphatic hydroxyl groups excluding tert-OH is 1. The SMILES string of the molecule is CCOC(=O)CC1(O)CC(C=CC(O)CCCCc2ccccc2)CC2CCCCC21. The van der Waals surface area contributed by atoms with E-state index in [0.717, 1.165) is 51.4 Å². The Bertz CT molecular complexity index is 700. The predicted molar refractivity (Wildman–Crippen MR) is 124 cm³/mol. The van der Waals surface area contributed by atoms with Crippen LogP contribution in [-0.4, -0.2) is 34.5 Å². The van der Waals surface area contributed by atoms with Crippen LogP contribution in [0.15, 0.2) is 42.5 Å². The van der Waals surface area contributed by atoms with Crippen LogP contribution in [0, 0.1) is 17.8 Å². The van der Waals surface area contributed by atoms with Crippen LogP contribution in [-0.2, 0) is 16.0 Å². The Hall–Kier alpha value is -1.65. The van der Waals surface area contributed by atoms with E-state index in [-0.39, 0.29) is 24.2 Å². The second kappa shape index (κ2) is 11.8. The Morgan fingerprint density at radius 2 is 2.00 bits per heavy atom. The average molecular weight is 429 g/mol. The summed E-state index contributed by atoms with van der Waals surface area (Å²) in [5.74, 6) is 0.563. The number of aryl methyl sites for hydroxylation is 1. The number of esters is 1. The molecule has 31 heavy (non-hydrogen) atoms. The predicted octanol–water partition coefficient (Wildman–Crippen LogP) is 5.22. The van der Waals surface area contributed by atoms with Crippen LogP contribution in [0.2, 0.25) is 0 Å². The van der Waals surface area contributed by atoms with Crippen molar-refractivity contribution in [3.8, 4) is 0 Å². The Morgan fingerprint density at radius 1 is 1.23 bits per heavy atom. The van der Waals surface area contributed by atoms with Gasteiger partial charge in [0.2, 0.25) is 0 Å². The van der Waals surface area contributed by atoms with Crippen molar-refractivity contribution in [3.63, 3.8) is 0 Å². The number of ether oxygens (including phenoxy) is 1. The fourth-order valence-corrected chi connectivity index (χ4v) is 5.80. The highest BCUT2D eigenvalue weighted by atomic mass is 16.5. The van der Waals surface area contributed by atoms with Crippen LogP contribution < -0.4 is 0 Å². The second-order valence-electron chi connectivity index (χ2n) is 9.62. The van der Waals surface area contributed by atoms with E-state index >= 15 is 0 Å². The van der Waals surface area contributed by atoms with Crippen molar-refractivity contribution in [2.24, 2.45) is 17.8 Å². The van der Waals surface area contributed by atoms with Crippen LogP contribution in [0.5, 0.6) is 0 Å². The monoisotopic (exact) mass is 428 g/mol. The minimum atomic E-state index is -0.981. The highest BCUT2D eigenvalue weighted by Gasteiger charge is 2.48. The van der Waals surface area contributed by atoms with E-state index in [1.165, 1.54) is 12.0 Å². The lowest BCUT2D eigenvalue weighted by Crippen LogP contribution is -2.50. The van der Waals surface area contributed by atoms with Gasteiger partial charge in [-0.15, -0.1) is 0 Å². The van der Waals surface area contributed by atoms with E-state index in [4.69, 9.17) is 4.74 Å². The smallest absolute Gasteiger partial charge is 0.308 e. The second-order valence-corrected chi connectivity index (χ2v) is 9.62. The number of hydrogen-bond donors (Lipinski definition) is 2. The molecule has 0 spiro atoms. The summed E-state index contributed by atoms with van der Waals surface area (Å²) in [5.41, 5.74) is 0.364. The summed E-state index contributed by atoms with van der Waals surface area (Å²) < 4.78 is 5.15. The molecule has 172 valence electrons. The zero-order valence-corrected chi connectivity index (χ0v) is 19.0. The Kier molecular flexibility index (Phi) is 9.15. The minimum absolute atomic E-state index is 0.0917. The van der Waals surface area contributed by atoms with Gasteiger partial charge >= 0.3 is 5.97 Å². The number of aliphatic hydroxyl groups is 2. The largest absolute Gasteiger partial charge is 0.466 e. The Labute approximate surface area is 187 Å². The molecule has 2 aliphatic carbocycles. The number of hydrogen-bond acceptors (Lipinski definition) is 4. The number of unbranched alkanes of at least 4 members (excludes halogenated alkanes) is 1. The lowest BCUT2D eigenvalue weighted by atomic mass is 9.59. The summed E-state index contributed by atoms with van der Waals surface area (Å²) in [6.07, 6.45) is 13.6. The van der Waals surface area contributed by atoms with Crippen molar-refractivity contribution in [1.29, 1.82) is 0 Å². The van der Waals surface area contributed by atoms with E-state index in [0.29, 0.717) is 18.9 Å². The third kappa shape index (κ3) is 7.18. The molecule has 5 unspecified atom stereocenters. The van der Waals surface area contributed by atoms with Crippen LogP contribution in [0.3, 0.4) is 0 Å². The van der Waals surface area contributed by atoms with Crippen molar-refractivity contribution in [2.45, 2.75) is 89.3 Å². The summed E-state index contributed by atoms with van der Waals surface area (Å²) >= 11 is 0. The summed E-state index contributed by atoms with van der Waals surface area (Å²) in [6, 6.07) is 10.5. The van der Waals surface area contributed by atoms with E-state index in [1.54, 1.807) is 6.92 Å². The maximum absolute atomic E-state index is 12.2. The zero-order valence-electron chi connectivity index (χ0n) is 19.0. The first-order valence-corrected chi connectivity index (χ1v) is 12.3. The fourth-order valence-electron chi connectivity index (χ4n) is 5.80. The van der Waals surface area contributed by atoms with Gasteiger partial charge in [-0.05, 0) is 68.8 Å². The fraction of sp³-hybridized carbons (Fsp3) is 0.667. The molecule has 5 atom stereocenters. The van der Waals surface area contributed by atoms with Crippen LogP contribution in [0.4, 0.5) is 0 Å². The van der Waals surface area contributed by atoms with Gasteiger partial charge in [-0.1, -0.05) is 68.2 Å². The molecule has 4 heteroatoms. The van der Waals surface area contributed by atoms with Gasteiger partial charge in [-0.25, -0.2) is 0 Å². The number of carbonyl (C=O) groups is 1. The molecule has 2 fully saturated rings. The van der Waals surface area contributed by atoms with Crippen LogP contribution >= 0.6 is 0 Å².